The van der Waals surface area contributed by atoms with E-state index in [-0.39, 0.29) is 29.0 Å². The summed E-state index contributed by atoms with van der Waals surface area (Å²) in [5.74, 6) is 0. The molecule has 0 N–H and O–H groups in total. The molecular formula is C10H4Cl2N2V. The number of hydrogen-bond donors (Lipinski definition) is 0. The fourth-order valence-electron chi connectivity index (χ4n) is 1.02. The maximum atomic E-state index is 5.70. The predicted molar refractivity (Wildman–Crippen MR) is 55.2 cm³/mol. The molecule has 0 aliphatic heterocycles. The van der Waals surface area contributed by atoms with Crippen LogP contribution in [0.1, 0.15) is 0 Å². The maximum absolute atomic E-state index is 5.70. The summed E-state index contributed by atoms with van der Waals surface area (Å²) < 4.78 is 0. The van der Waals surface area contributed by atoms with E-state index in [1.165, 1.54) is 0 Å². The zero-order chi connectivity index (χ0) is 9.97. The fraction of sp³-hybridized carbons (Fsp3) is 0. The SMILES string of the molecule is Clc1[c-]c(-c2[c-]cccc2)nc(Cl)n1.[V+2]. The van der Waals surface area contributed by atoms with E-state index in [1.54, 1.807) is 6.07 Å². The summed E-state index contributed by atoms with van der Waals surface area (Å²) in [5.41, 5.74) is 1.34. The van der Waals surface area contributed by atoms with Gasteiger partial charge in [0, 0.05) is 5.15 Å². The van der Waals surface area contributed by atoms with E-state index >= 15 is 0 Å². The molecule has 1 aromatic carbocycles. The van der Waals surface area contributed by atoms with Gasteiger partial charge in [0.1, 0.15) is 0 Å². The Morgan fingerprint density at radius 2 is 1.93 bits per heavy atom. The van der Waals surface area contributed by atoms with Crippen LogP contribution in [0.25, 0.3) is 11.3 Å². The van der Waals surface area contributed by atoms with Crippen molar-refractivity contribution in [1.29, 1.82) is 0 Å². The quantitative estimate of drug-likeness (QED) is 0.453. The minimum absolute atomic E-state index is 0. The Bertz CT molecular complexity index is 428. The second kappa shape index (κ2) is 5.52. The molecule has 15 heavy (non-hydrogen) atoms. The first-order valence-corrected chi connectivity index (χ1v) is 4.61. The molecule has 1 aromatic heterocycles. The molecule has 0 atom stereocenters. The molecule has 0 saturated heterocycles. The van der Waals surface area contributed by atoms with E-state index in [0.29, 0.717) is 5.69 Å². The molecule has 2 rings (SSSR count). The third-order valence-electron chi connectivity index (χ3n) is 1.58. The molecule has 0 saturated carbocycles. The molecule has 2 aromatic rings. The van der Waals surface area contributed by atoms with Gasteiger partial charge in [-0.1, -0.05) is 11.6 Å². The van der Waals surface area contributed by atoms with Crippen molar-refractivity contribution >= 4 is 23.2 Å². The number of aromatic nitrogens is 2. The number of halogens is 2. The number of nitrogens with zero attached hydrogens (tertiary/aromatic N) is 2. The largest absolute Gasteiger partial charge is 2.00 e. The van der Waals surface area contributed by atoms with E-state index < -0.39 is 0 Å². The fourth-order valence-corrected chi connectivity index (χ4v) is 1.40. The van der Waals surface area contributed by atoms with Gasteiger partial charge >= 0.3 is 18.6 Å². The number of rotatable bonds is 1. The predicted octanol–water partition coefficient (Wildman–Crippen LogP) is 3.05. The molecule has 73 valence electrons. The minimum atomic E-state index is 0. The van der Waals surface area contributed by atoms with E-state index in [9.17, 15) is 0 Å². The summed E-state index contributed by atoms with van der Waals surface area (Å²) in [6.45, 7) is 0. The molecule has 5 heteroatoms. The Kier molecular flexibility index (Phi) is 4.61. The molecule has 0 bridgehead atoms. The zero-order valence-electron chi connectivity index (χ0n) is 7.41. The molecule has 2 nitrogen and oxygen atoms in total. The van der Waals surface area contributed by atoms with E-state index in [4.69, 9.17) is 23.2 Å². The van der Waals surface area contributed by atoms with Crippen molar-refractivity contribution in [2.24, 2.45) is 0 Å². The van der Waals surface area contributed by atoms with Crippen LogP contribution in [0.5, 0.6) is 0 Å². The average Bonchev–Trinajstić information content (AvgIpc) is 2.18. The summed E-state index contributed by atoms with van der Waals surface area (Å²) in [5, 5.41) is 0.318. The third kappa shape index (κ3) is 3.21. The molecule has 0 amide bonds. The zero-order valence-corrected chi connectivity index (χ0v) is 10.3. The van der Waals surface area contributed by atoms with Gasteiger partial charge < -0.3 is 4.98 Å². The van der Waals surface area contributed by atoms with Crippen LogP contribution in [0.2, 0.25) is 10.4 Å². The molecule has 0 aliphatic carbocycles. The van der Waals surface area contributed by atoms with Crippen LogP contribution in [0.4, 0.5) is 0 Å². The van der Waals surface area contributed by atoms with Crippen LogP contribution in [0, 0.1) is 12.1 Å². The topological polar surface area (TPSA) is 25.8 Å². The third-order valence-corrected chi connectivity index (χ3v) is 1.93. The van der Waals surface area contributed by atoms with Gasteiger partial charge in [-0.15, -0.1) is 6.07 Å². The molecular weight excluding hydrogens is 270 g/mol. The van der Waals surface area contributed by atoms with Crippen molar-refractivity contribution in [3.63, 3.8) is 0 Å². The molecule has 0 aliphatic rings. The minimum Gasteiger partial charge on any atom is -0.308 e. The van der Waals surface area contributed by atoms with Crippen LogP contribution >= 0.6 is 23.2 Å². The van der Waals surface area contributed by atoms with E-state index in [2.05, 4.69) is 22.1 Å². The monoisotopic (exact) mass is 273 g/mol. The van der Waals surface area contributed by atoms with Crippen molar-refractivity contribution in [2.75, 3.05) is 0 Å². The van der Waals surface area contributed by atoms with Gasteiger partial charge in [-0.25, -0.2) is 23.2 Å². The summed E-state index contributed by atoms with van der Waals surface area (Å²) in [7, 11) is 0. The van der Waals surface area contributed by atoms with Crippen LogP contribution in [-0.2, 0) is 18.6 Å². The van der Waals surface area contributed by atoms with Gasteiger partial charge in [0.05, 0.1) is 0 Å². The van der Waals surface area contributed by atoms with Gasteiger partial charge in [0.2, 0.25) is 5.28 Å². The Hall–Kier alpha value is -0.536. The Balaban J connectivity index is 0.00000112. The van der Waals surface area contributed by atoms with Crippen LogP contribution in [0.15, 0.2) is 24.3 Å². The van der Waals surface area contributed by atoms with Gasteiger partial charge in [-0.05, 0) is 11.6 Å². The van der Waals surface area contributed by atoms with Gasteiger partial charge in [0.25, 0.3) is 0 Å². The summed E-state index contributed by atoms with van der Waals surface area (Å²) in [4.78, 5) is 7.70. The van der Waals surface area contributed by atoms with Crippen molar-refractivity contribution in [2.45, 2.75) is 0 Å². The average molecular weight is 274 g/mol. The first kappa shape index (κ1) is 12.5. The second-order valence-corrected chi connectivity index (χ2v) is 3.23. The van der Waals surface area contributed by atoms with Crippen LogP contribution < -0.4 is 0 Å². The van der Waals surface area contributed by atoms with Gasteiger partial charge in [-0.2, -0.15) is 17.8 Å². The van der Waals surface area contributed by atoms with Gasteiger partial charge in [0.15, 0.2) is 0 Å². The Morgan fingerprint density at radius 1 is 1.13 bits per heavy atom. The summed E-state index contributed by atoms with van der Waals surface area (Å²) in [6, 6.07) is 13.2. The Labute approximate surface area is 110 Å². The summed E-state index contributed by atoms with van der Waals surface area (Å²) >= 11 is 11.4. The van der Waals surface area contributed by atoms with E-state index in [0.717, 1.165) is 5.56 Å². The van der Waals surface area contributed by atoms with Crippen molar-refractivity contribution in [3.8, 4) is 11.3 Å². The van der Waals surface area contributed by atoms with Crippen LogP contribution in [0.3, 0.4) is 0 Å². The number of hydrogen-bond acceptors (Lipinski definition) is 2. The summed E-state index contributed by atoms with van der Waals surface area (Å²) in [6.07, 6.45) is 0. The molecule has 1 radical (unpaired) electrons. The molecule has 1 heterocycles. The first-order valence-electron chi connectivity index (χ1n) is 3.85. The molecule has 0 unspecified atom stereocenters. The van der Waals surface area contributed by atoms with Crippen molar-refractivity contribution < 1.29 is 18.6 Å². The van der Waals surface area contributed by atoms with Crippen molar-refractivity contribution in [3.05, 3.63) is 46.8 Å². The first-order chi connectivity index (χ1) is 6.75. The standard InChI is InChI=1S/C10H4Cl2N2.V/c11-9-6-8(13-10(12)14-9)7-4-2-1-3-5-7;/h1-4H;/q-2;+2. The second-order valence-electron chi connectivity index (χ2n) is 2.53. The van der Waals surface area contributed by atoms with Crippen molar-refractivity contribution in [1.82, 2.24) is 9.97 Å². The normalized spacial score (nSPS) is 9.47. The van der Waals surface area contributed by atoms with Gasteiger partial charge in [-0.3, -0.25) is 5.56 Å². The van der Waals surface area contributed by atoms with Crippen LogP contribution in [-0.4, -0.2) is 9.97 Å². The maximum Gasteiger partial charge on any atom is 2.00 e. The smallest absolute Gasteiger partial charge is 0.308 e. The molecule has 0 fully saturated rings. The number of benzene rings is 1. The van der Waals surface area contributed by atoms with E-state index in [1.807, 2.05) is 18.2 Å². The Morgan fingerprint density at radius 3 is 2.53 bits per heavy atom. The molecule has 0 spiro atoms.